The van der Waals surface area contributed by atoms with Gasteiger partial charge in [-0.15, -0.1) is 0 Å². The second kappa shape index (κ2) is 7.83. The molecule has 0 atom stereocenters. The van der Waals surface area contributed by atoms with Gasteiger partial charge in [0.25, 0.3) is 10.0 Å². The Morgan fingerprint density at radius 2 is 1.88 bits per heavy atom. The van der Waals surface area contributed by atoms with E-state index in [-0.39, 0.29) is 17.2 Å². The number of sulfonamides is 1. The lowest BCUT2D eigenvalue weighted by atomic mass is 10.3. The fraction of sp³-hybridized carbons (Fsp3) is 0.188. The third-order valence-corrected chi connectivity index (χ3v) is 5.49. The van der Waals surface area contributed by atoms with Crippen LogP contribution in [0.1, 0.15) is 6.92 Å². The Morgan fingerprint density at radius 3 is 2.44 bits per heavy atom. The molecule has 0 aliphatic carbocycles. The van der Waals surface area contributed by atoms with Crippen LogP contribution in [0, 0.1) is 5.82 Å². The Balaban J connectivity index is 2.53. The average molecular weight is 431 g/mol. The Labute approximate surface area is 153 Å². The zero-order valence-electron chi connectivity index (χ0n) is 13.3. The van der Waals surface area contributed by atoms with Crippen molar-refractivity contribution in [3.8, 4) is 0 Å². The van der Waals surface area contributed by atoms with E-state index in [1.165, 1.54) is 36.4 Å². The van der Waals surface area contributed by atoms with E-state index < -0.39 is 28.4 Å². The highest BCUT2D eigenvalue weighted by Gasteiger charge is 2.29. The van der Waals surface area contributed by atoms with Gasteiger partial charge in [-0.25, -0.2) is 12.8 Å². The van der Waals surface area contributed by atoms with Crippen molar-refractivity contribution in [1.29, 1.82) is 0 Å². The smallest absolute Gasteiger partial charge is 0.326 e. The Morgan fingerprint density at radius 1 is 1.24 bits per heavy atom. The molecule has 134 valence electrons. The van der Waals surface area contributed by atoms with Crippen molar-refractivity contribution >= 4 is 43.3 Å². The number of hydrogen-bond acceptors (Lipinski definition) is 5. The maximum absolute atomic E-state index is 14.3. The number of benzene rings is 2. The largest absolute Gasteiger partial charge is 0.465 e. The van der Waals surface area contributed by atoms with Crippen LogP contribution in [0.25, 0.3) is 0 Å². The minimum atomic E-state index is -4.20. The second-order valence-corrected chi connectivity index (χ2v) is 7.76. The number of nitrogens with two attached hydrogens (primary N) is 1. The summed E-state index contributed by atoms with van der Waals surface area (Å²) in [7, 11) is -4.20. The number of carbonyl (C=O) groups excluding carboxylic acids is 1. The highest BCUT2D eigenvalue weighted by Crippen LogP contribution is 2.28. The van der Waals surface area contributed by atoms with Crippen molar-refractivity contribution in [3.63, 3.8) is 0 Å². The summed E-state index contributed by atoms with van der Waals surface area (Å²) in [6, 6.07) is 9.27. The van der Waals surface area contributed by atoms with Gasteiger partial charge in [0.2, 0.25) is 0 Å². The molecule has 0 aliphatic rings. The van der Waals surface area contributed by atoms with Gasteiger partial charge < -0.3 is 10.5 Å². The van der Waals surface area contributed by atoms with Crippen molar-refractivity contribution in [2.75, 3.05) is 23.2 Å². The van der Waals surface area contributed by atoms with Crippen LogP contribution in [-0.2, 0) is 19.6 Å². The van der Waals surface area contributed by atoms with E-state index in [2.05, 4.69) is 15.9 Å². The van der Waals surface area contributed by atoms with Crippen molar-refractivity contribution in [2.24, 2.45) is 0 Å². The molecule has 0 amide bonds. The average Bonchev–Trinajstić information content (AvgIpc) is 2.54. The van der Waals surface area contributed by atoms with Gasteiger partial charge in [0.1, 0.15) is 12.4 Å². The van der Waals surface area contributed by atoms with Gasteiger partial charge in [-0.3, -0.25) is 9.10 Å². The molecule has 0 fully saturated rings. The maximum Gasteiger partial charge on any atom is 0.326 e. The van der Waals surface area contributed by atoms with Crippen LogP contribution in [-0.4, -0.2) is 27.5 Å². The summed E-state index contributed by atoms with van der Waals surface area (Å²) < 4.78 is 46.1. The summed E-state index contributed by atoms with van der Waals surface area (Å²) in [6.45, 7) is 1.02. The number of ether oxygens (including phenoxy) is 1. The predicted molar refractivity (Wildman–Crippen MR) is 96.1 cm³/mol. The lowest BCUT2D eigenvalue weighted by Gasteiger charge is -2.24. The summed E-state index contributed by atoms with van der Waals surface area (Å²) in [5.74, 6) is -1.58. The van der Waals surface area contributed by atoms with E-state index in [0.29, 0.717) is 14.5 Å². The number of nitrogens with zero attached hydrogens (tertiary/aromatic N) is 1. The maximum atomic E-state index is 14.3. The molecule has 0 aliphatic heterocycles. The normalized spacial score (nSPS) is 11.2. The Hall–Kier alpha value is -2.13. The summed E-state index contributed by atoms with van der Waals surface area (Å²) in [6.07, 6.45) is 0. The topological polar surface area (TPSA) is 89.7 Å². The molecule has 0 spiro atoms. The number of anilines is 2. The van der Waals surface area contributed by atoms with Gasteiger partial charge in [-0.05, 0) is 49.4 Å². The van der Waals surface area contributed by atoms with Gasteiger partial charge in [0.05, 0.1) is 17.2 Å². The van der Waals surface area contributed by atoms with Crippen LogP contribution in [0.2, 0.25) is 0 Å². The Kier molecular flexibility index (Phi) is 6.02. The molecular formula is C16H16BrFN2O4S. The molecule has 0 saturated heterocycles. The van der Waals surface area contributed by atoms with Crippen molar-refractivity contribution in [1.82, 2.24) is 0 Å². The fourth-order valence-corrected chi connectivity index (χ4v) is 3.82. The standard InChI is InChI=1S/C16H16BrFN2O4S/c1-2-24-16(21)10-20(15-8-3-11(17)9-14(15)18)25(22,23)13-6-4-12(19)5-7-13/h3-9H,2,10,19H2,1H3. The molecule has 9 heteroatoms. The number of halogens is 2. The molecule has 0 unspecified atom stereocenters. The van der Waals surface area contributed by atoms with Crippen molar-refractivity contribution in [2.45, 2.75) is 11.8 Å². The van der Waals surface area contributed by atoms with Crippen LogP contribution in [0.4, 0.5) is 15.8 Å². The van der Waals surface area contributed by atoms with E-state index in [4.69, 9.17) is 10.5 Å². The molecular weight excluding hydrogens is 415 g/mol. The highest BCUT2D eigenvalue weighted by molar-refractivity contribution is 9.10. The zero-order chi connectivity index (χ0) is 18.6. The third kappa shape index (κ3) is 4.49. The van der Waals surface area contributed by atoms with Gasteiger partial charge in [-0.2, -0.15) is 0 Å². The molecule has 2 N–H and O–H groups in total. The van der Waals surface area contributed by atoms with E-state index >= 15 is 0 Å². The van der Waals surface area contributed by atoms with Crippen LogP contribution in [0.15, 0.2) is 51.8 Å². The van der Waals surface area contributed by atoms with Gasteiger partial charge in [0, 0.05) is 10.2 Å². The second-order valence-electron chi connectivity index (χ2n) is 4.98. The van der Waals surface area contributed by atoms with E-state index in [0.717, 1.165) is 6.07 Å². The van der Waals surface area contributed by atoms with Crippen molar-refractivity contribution in [3.05, 3.63) is 52.8 Å². The molecule has 6 nitrogen and oxygen atoms in total. The van der Waals surface area contributed by atoms with Gasteiger partial charge in [-0.1, -0.05) is 15.9 Å². The van der Waals surface area contributed by atoms with Crippen LogP contribution in [0.3, 0.4) is 0 Å². The molecule has 0 radical (unpaired) electrons. The number of rotatable bonds is 6. The molecule has 0 heterocycles. The molecule has 0 saturated carbocycles. The summed E-state index contributed by atoms with van der Waals surface area (Å²) in [5, 5.41) is 0. The first kappa shape index (κ1) is 19.2. The number of esters is 1. The molecule has 2 aromatic rings. The monoisotopic (exact) mass is 430 g/mol. The molecule has 0 aromatic heterocycles. The van der Waals surface area contributed by atoms with Crippen molar-refractivity contribution < 1.29 is 22.3 Å². The minimum Gasteiger partial charge on any atom is -0.465 e. The number of nitrogen functional groups attached to an aromatic ring is 1. The van der Waals surface area contributed by atoms with E-state index in [9.17, 15) is 17.6 Å². The number of hydrogen-bond donors (Lipinski definition) is 1. The summed E-state index contributed by atoms with van der Waals surface area (Å²) in [4.78, 5) is 11.7. The first-order valence-electron chi connectivity index (χ1n) is 7.24. The SMILES string of the molecule is CCOC(=O)CN(c1ccc(Br)cc1F)S(=O)(=O)c1ccc(N)cc1. The van der Waals surface area contributed by atoms with E-state index in [1.54, 1.807) is 6.92 Å². The predicted octanol–water partition coefficient (Wildman–Crippen LogP) is 2.93. The number of carbonyl (C=O) groups is 1. The minimum absolute atomic E-state index is 0.0808. The highest BCUT2D eigenvalue weighted by atomic mass is 79.9. The zero-order valence-corrected chi connectivity index (χ0v) is 15.7. The quantitative estimate of drug-likeness (QED) is 0.561. The molecule has 25 heavy (non-hydrogen) atoms. The first-order chi connectivity index (χ1) is 11.8. The van der Waals surface area contributed by atoms with Crippen LogP contribution >= 0.6 is 15.9 Å². The fourth-order valence-electron chi connectivity index (χ4n) is 2.07. The first-order valence-corrected chi connectivity index (χ1v) is 9.48. The van der Waals surface area contributed by atoms with Gasteiger partial charge >= 0.3 is 5.97 Å². The molecule has 0 bridgehead atoms. The third-order valence-electron chi connectivity index (χ3n) is 3.22. The van der Waals surface area contributed by atoms with Crippen LogP contribution < -0.4 is 10.0 Å². The van der Waals surface area contributed by atoms with Crippen LogP contribution in [0.5, 0.6) is 0 Å². The Bertz CT molecular complexity index is 872. The molecule has 2 aromatic carbocycles. The molecule has 2 rings (SSSR count). The lowest BCUT2D eigenvalue weighted by Crippen LogP contribution is -2.37. The summed E-state index contributed by atoms with van der Waals surface area (Å²) >= 11 is 3.11. The lowest BCUT2D eigenvalue weighted by molar-refractivity contribution is -0.141. The van der Waals surface area contributed by atoms with E-state index in [1.807, 2.05) is 0 Å². The van der Waals surface area contributed by atoms with Gasteiger partial charge in [0.15, 0.2) is 0 Å². The summed E-state index contributed by atoms with van der Waals surface area (Å²) in [5.41, 5.74) is 5.69.